The fourth-order valence-electron chi connectivity index (χ4n) is 3.84. The topological polar surface area (TPSA) is 39.4 Å². The second-order valence-corrected chi connectivity index (χ2v) is 7.97. The molecule has 0 saturated heterocycles. The minimum absolute atomic E-state index is 0.112. The van der Waals surface area contributed by atoms with Gasteiger partial charge in [-0.15, -0.1) is 10.2 Å². The van der Waals surface area contributed by atoms with Gasteiger partial charge < -0.3 is 4.74 Å². The number of benzene rings is 1. The van der Waals surface area contributed by atoms with Crippen LogP contribution in [0.2, 0.25) is 0 Å². The van der Waals surface area contributed by atoms with E-state index in [1.54, 1.807) is 18.3 Å². The minimum atomic E-state index is -4.60. The maximum atomic E-state index is 13.8. The molecule has 8 heteroatoms. The van der Waals surface area contributed by atoms with E-state index in [0.29, 0.717) is 18.2 Å². The lowest BCUT2D eigenvalue weighted by atomic mass is 10.1. The summed E-state index contributed by atoms with van der Waals surface area (Å²) >= 11 is 0. The number of rotatable bonds is 6. The Kier molecular flexibility index (Phi) is 4.26. The van der Waals surface area contributed by atoms with Crippen LogP contribution in [0.5, 0.6) is 5.75 Å². The predicted octanol–water partition coefficient (Wildman–Crippen LogP) is 5.02. The SMILES string of the molecule is Fc1ccc(C2CC2COc2ccn3c(CC4CC4)nnc3c2C(F)(F)F)cc1. The van der Waals surface area contributed by atoms with Crippen LogP contribution in [-0.4, -0.2) is 21.2 Å². The molecule has 2 saturated carbocycles. The Morgan fingerprint density at radius 3 is 2.52 bits per heavy atom. The average Bonchev–Trinajstić information content (AvgIpc) is 3.59. The van der Waals surface area contributed by atoms with Gasteiger partial charge in [0.25, 0.3) is 0 Å². The summed E-state index contributed by atoms with van der Waals surface area (Å²) in [4.78, 5) is 0. The second-order valence-electron chi connectivity index (χ2n) is 7.97. The highest BCUT2D eigenvalue weighted by Crippen LogP contribution is 2.48. The third-order valence-electron chi connectivity index (χ3n) is 5.74. The van der Waals surface area contributed by atoms with Crippen LogP contribution in [0.4, 0.5) is 17.6 Å². The molecule has 152 valence electrons. The molecule has 2 unspecified atom stereocenters. The van der Waals surface area contributed by atoms with Crippen LogP contribution >= 0.6 is 0 Å². The van der Waals surface area contributed by atoms with Gasteiger partial charge in [0.2, 0.25) is 0 Å². The van der Waals surface area contributed by atoms with Crippen LogP contribution in [0.15, 0.2) is 36.5 Å². The molecular weight excluding hydrogens is 386 g/mol. The quantitative estimate of drug-likeness (QED) is 0.541. The summed E-state index contributed by atoms with van der Waals surface area (Å²) < 4.78 is 61.4. The summed E-state index contributed by atoms with van der Waals surface area (Å²) in [7, 11) is 0. The van der Waals surface area contributed by atoms with Crippen molar-refractivity contribution in [2.45, 2.75) is 37.8 Å². The molecule has 0 aliphatic heterocycles. The first-order chi connectivity index (χ1) is 13.9. The number of aromatic nitrogens is 3. The normalized spacial score (nSPS) is 21.5. The van der Waals surface area contributed by atoms with E-state index < -0.39 is 11.7 Å². The summed E-state index contributed by atoms with van der Waals surface area (Å²) in [6.45, 7) is 0.171. The van der Waals surface area contributed by atoms with Gasteiger partial charge in [-0.1, -0.05) is 12.1 Å². The number of halogens is 4. The van der Waals surface area contributed by atoms with Gasteiger partial charge in [0.1, 0.15) is 23.0 Å². The Hall–Kier alpha value is -2.64. The third kappa shape index (κ3) is 3.68. The van der Waals surface area contributed by atoms with Gasteiger partial charge in [-0.3, -0.25) is 4.40 Å². The first kappa shape index (κ1) is 18.4. The molecule has 0 N–H and O–H groups in total. The van der Waals surface area contributed by atoms with Crippen molar-refractivity contribution in [3.63, 3.8) is 0 Å². The van der Waals surface area contributed by atoms with Gasteiger partial charge in [-0.2, -0.15) is 13.2 Å². The van der Waals surface area contributed by atoms with Crippen LogP contribution in [0.1, 0.15) is 42.1 Å². The Morgan fingerprint density at radius 2 is 1.83 bits per heavy atom. The molecule has 0 bridgehead atoms. The summed E-state index contributed by atoms with van der Waals surface area (Å²) in [5.74, 6) is 0.817. The highest BCUT2D eigenvalue weighted by molar-refractivity contribution is 5.56. The minimum Gasteiger partial charge on any atom is -0.492 e. The Labute approximate surface area is 164 Å². The molecule has 2 aliphatic carbocycles. The molecule has 0 amide bonds. The summed E-state index contributed by atoms with van der Waals surface area (Å²) in [6.07, 6.45) is 0.576. The van der Waals surface area contributed by atoms with Gasteiger partial charge in [0.15, 0.2) is 5.65 Å². The Bertz CT molecular complexity index is 1040. The molecule has 1 aromatic carbocycles. The van der Waals surface area contributed by atoms with Crippen molar-refractivity contribution < 1.29 is 22.3 Å². The predicted molar refractivity (Wildman–Crippen MR) is 97.2 cm³/mol. The fourth-order valence-corrected chi connectivity index (χ4v) is 3.84. The Morgan fingerprint density at radius 1 is 1.07 bits per heavy atom. The van der Waals surface area contributed by atoms with E-state index in [4.69, 9.17) is 4.74 Å². The second kappa shape index (κ2) is 6.71. The molecule has 0 radical (unpaired) electrons. The molecule has 2 heterocycles. The summed E-state index contributed by atoms with van der Waals surface area (Å²) in [6, 6.07) is 7.57. The number of pyridine rings is 1. The van der Waals surface area contributed by atoms with Crippen molar-refractivity contribution in [2.75, 3.05) is 6.61 Å². The number of alkyl halides is 3. The van der Waals surface area contributed by atoms with Crippen LogP contribution < -0.4 is 4.74 Å². The monoisotopic (exact) mass is 405 g/mol. The van der Waals surface area contributed by atoms with E-state index in [1.165, 1.54) is 22.6 Å². The van der Waals surface area contributed by atoms with Crippen LogP contribution in [0, 0.1) is 17.7 Å². The van der Waals surface area contributed by atoms with Crippen molar-refractivity contribution in [2.24, 2.45) is 11.8 Å². The highest BCUT2D eigenvalue weighted by Gasteiger charge is 2.42. The largest absolute Gasteiger partial charge is 0.492 e. The van der Waals surface area contributed by atoms with Crippen LogP contribution in [0.3, 0.4) is 0 Å². The highest BCUT2D eigenvalue weighted by atomic mass is 19.4. The van der Waals surface area contributed by atoms with E-state index >= 15 is 0 Å². The van der Waals surface area contributed by atoms with Gasteiger partial charge in [-0.25, -0.2) is 4.39 Å². The van der Waals surface area contributed by atoms with E-state index in [2.05, 4.69) is 10.2 Å². The smallest absolute Gasteiger partial charge is 0.423 e. The number of hydrogen-bond acceptors (Lipinski definition) is 3. The van der Waals surface area contributed by atoms with E-state index in [0.717, 1.165) is 24.8 Å². The van der Waals surface area contributed by atoms with Crippen molar-refractivity contribution in [3.8, 4) is 5.75 Å². The van der Waals surface area contributed by atoms with Crippen LogP contribution in [-0.2, 0) is 12.6 Å². The van der Waals surface area contributed by atoms with E-state index in [9.17, 15) is 17.6 Å². The maximum Gasteiger partial charge on any atom is 0.423 e. The maximum absolute atomic E-state index is 13.8. The molecule has 2 aliphatic rings. The molecular formula is C21H19F4N3O. The molecule has 0 spiro atoms. The van der Waals surface area contributed by atoms with Crippen molar-refractivity contribution in [3.05, 3.63) is 59.3 Å². The van der Waals surface area contributed by atoms with E-state index in [1.807, 2.05) is 0 Å². The molecule has 29 heavy (non-hydrogen) atoms. The third-order valence-corrected chi connectivity index (χ3v) is 5.74. The molecule has 2 atom stereocenters. The first-order valence-electron chi connectivity index (χ1n) is 9.72. The van der Waals surface area contributed by atoms with Gasteiger partial charge in [0, 0.05) is 18.5 Å². The standard InChI is InChI=1S/C21H19F4N3O/c22-15-5-3-13(4-6-15)16-10-14(16)11-29-17-7-8-28-18(9-12-1-2-12)26-27-20(28)19(17)21(23,24)25/h3-8,12,14,16H,1-2,9-11H2. The molecule has 3 aromatic rings. The van der Waals surface area contributed by atoms with Crippen molar-refractivity contribution in [1.82, 2.24) is 14.6 Å². The number of nitrogens with zero attached hydrogens (tertiary/aromatic N) is 3. The fraction of sp³-hybridized carbons (Fsp3) is 0.429. The lowest BCUT2D eigenvalue weighted by molar-refractivity contribution is -0.138. The Balaban J connectivity index is 1.36. The van der Waals surface area contributed by atoms with Crippen molar-refractivity contribution >= 4 is 5.65 Å². The van der Waals surface area contributed by atoms with Gasteiger partial charge in [-0.05, 0) is 54.9 Å². The first-order valence-corrected chi connectivity index (χ1v) is 9.72. The molecule has 2 aromatic heterocycles. The molecule has 2 fully saturated rings. The van der Waals surface area contributed by atoms with E-state index in [-0.39, 0.29) is 35.7 Å². The lowest BCUT2D eigenvalue weighted by Gasteiger charge is -2.15. The number of hydrogen-bond donors (Lipinski definition) is 0. The average molecular weight is 405 g/mol. The summed E-state index contributed by atoms with van der Waals surface area (Å²) in [5, 5.41) is 7.80. The zero-order chi connectivity index (χ0) is 20.2. The number of fused-ring (bicyclic) bond motifs is 1. The zero-order valence-corrected chi connectivity index (χ0v) is 15.5. The van der Waals surface area contributed by atoms with Gasteiger partial charge >= 0.3 is 6.18 Å². The van der Waals surface area contributed by atoms with Crippen LogP contribution in [0.25, 0.3) is 5.65 Å². The van der Waals surface area contributed by atoms with Crippen molar-refractivity contribution in [1.29, 1.82) is 0 Å². The van der Waals surface area contributed by atoms with Gasteiger partial charge in [0.05, 0.1) is 6.61 Å². The molecule has 5 rings (SSSR count). The molecule has 4 nitrogen and oxygen atoms in total. The zero-order valence-electron chi connectivity index (χ0n) is 15.5. The lowest BCUT2D eigenvalue weighted by Crippen LogP contribution is -2.13. The summed E-state index contributed by atoms with van der Waals surface area (Å²) in [5.41, 5.74) is -0.112. The number of ether oxygens (including phenoxy) is 1.